The predicted molar refractivity (Wildman–Crippen MR) is 95.5 cm³/mol. The molecule has 0 radical (unpaired) electrons. The molecule has 1 aromatic rings. The lowest BCUT2D eigenvalue weighted by Gasteiger charge is -2.13. The van der Waals surface area contributed by atoms with Crippen LogP contribution in [0.1, 0.15) is 33.6 Å². The highest BCUT2D eigenvalue weighted by Gasteiger charge is 2.35. The van der Waals surface area contributed by atoms with Crippen LogP contribution in [0.25, 0.3) is 0 Å². The molecule has 4 amide bonds. The van der Waals surface area contributed by atoms with Gasteiger partial charge in [0.15, 0.2) is 0 Å². The number of benzene rings is 1. The Labute approximate surface area is 158 Å². The van der Waals surface area contributed by atoms with Gasteiger partial charge in [0.05, 0.1) is 11.1 Å². The first-order chi connectivity index (χ1) is 11.9. The van der Waals surface area contributed by atoms with Crippen molar-refractivity contribution in [3.8, 4) is 0 Å². The Morgan fingerprint density at radius 1 is 1.04 bits per heavy atom. The number of nitrogens with zero attached hydrogens (tertiary/aromatic N) is 1. The molecule has 1 aliphatic heterocycles. The Hall–Kier alpha value is -1.93. The van der Waals surface area contributed by atoms with Gasteiger partial charge in [-0.15, -0.1) is 11.6 Å². The summed E-state index contributed by atoms with van der Waals surface area (Å²) in [7, 11) is 0. The van der Waals surface area contributed by atoms with Gasteiger partial charge in [0.2, 0.25) is 11.8 Å². The van der Waals surface area contributed by atoms with E-state index in [4.69, 9.17) is 11.6 Å². The molecule has 7 nitrogen and oxygen atoms in total. The van der Waals surface area contributed by atoms with Gasteiger partial charge in [0.25, 0.3) is 11.8 Å². The predicted octanol–water partition coefficient (Wildman–Crippen LogP) is 1.30. The summed E-state index contributed by atoms with van der Waals surface area (Å²) in [6, 6.07) is 4.95. The minimum Gasteiger partial charge on any atom is -0.354 e. The zero-order valence-corrected chi connectivity index (χ0v) is 15.7. The molecule has 1 heterocycles. The molecule has 2 rings (SSSR count). The molecule has 0 unspecified atom stereocenters. The van der Waals surface area contributed by atoms with Gasteiger partial charge in [-0.2, -0.15) is 0 Å². The summed E-state index contributed by atoms with van der Waals surface area (Å²) in [5.41, 5.74) is 0.756. The van der Waals surface area contributed by atoms with Crippen LogP contribution in [0.2, 0.25) is 0 Å². The van der Waals surface area contributed by atoms with Gasteiger partial charge in [-0.3, -0.25) is 24.1 Å². The van der Waals surface area contributed by atoms with Gasteiger partial charge >= 0.3 is 0 Å². The van der Waals surface area contributed by atoms with Crippen LogP contribution in [0.5, 0.6) is 0 Å². The van der Waals surface area contributed by atoms with Crippen molar-refractivity contribution < 1.29 is 19.2 Å². The highest BCUT2D eigenvalue weighted by atomic mass is 79.9. The number of hydrogen-bond acceptors (Lipinski definition) is 4. The van der Waals surface area contributed by atoms with Crippen molar-refractivity contribution in [3.05, 3.63) is 33.8 Å². The summed E-state index contributed by atoms with van der Waals surface area (Å²) in [6.45, 7) is 0.771. The summed E-state index contributed by atoms with van der Waals surface area (Å²) in [5, 5.41) is 5.17. The van der Waals surface area contributed by atoms with Crippen LogP contribution in [-0.2, 0) is 9.59 Å². The van der Waals surface area contributed by atoms with Crippen molar-refractivity contribution in [1.82, 2.24) is 15.5 Å². The lowest BCUT2D eigenvalue weighted by atomic mass is 10.1. The lowest BCUT2D eigenvalue weighted by molar-refractivity contribution is -0.122. The second kappa shape index (κ2) is 8.96. The third-order valence-corrected chi connectivity index (χ3v) is 4.34. The van der Waals surface area contributed by atoms with Gasteiger partial charge in [-0.25, -0.2) is 0 Å². The number of alkyl halides is 1. The Kier molecular flexibility index (Phi) is 6.95. The number of fused-ring (bicyclic) bond motifs is 1. The fourth-order valence-electron chi connectivity index (χ4n) is 2.40. The molecule has 1 aromatic carbocycles. The van der Waals surface area contributed by atoms with Crippen LogP contribution in [0.15, 0.2) is 22.7 Å². The van der Waals surface area contributed by atoms with Gasteiger partial charge in [-0.05, 0) is 24.6 Å². The first kappa shape index (κ1) is 19.4. The molecule has 25 heavy (non-hydrogen) atoms. The quantitative estimate of drug-likeness (QED) is 0.369. The maximum Gasteiger partial charge on any atom is 0.261 e. The SMILES string of the molecule is O=C(CCl)NCCNC(=O)CCCN1C(=O)c2ccc(Br)cc2C1=O. The van der Waals surface area contributed by atoms with Crippen molar-refractivity contribution in [2.24, 2.45) is 0 Å². The van der Waals surface area contributed by atoms with Gasteiger partial charge < -0.3 is 10.6 Å². The smallest absolute Gasteiger partial charge is 0.261 e. The van der Waals surface area contributed by atoms with E-state index in [1.165, 1.54) is 0 Å². The van der Waals surface area contributed by atoms with Gasteiger partial charge in [0, 0.05) is 30.5 Å². The van der Waals surface area contributed by atoms with Crippen LogP contribution < -0.4 is 10.6 Å². The second-order valence-corrected chi connectivity index (χ2v) is 6.57. The van der Waals surface area contributed by atoms with Crippen LogP contribution in [-0.4, -0.2) is 54.0 Å². The second-order valence-electron chi connectivity index (χ2n) is 5.39. The molecule has 0 bridgehead atoms. The molecule has 0 atom stereocenters. The summed E-state index contributed by atoms with van der Waals surface area (Å²) in [5.74, 6) is -1.31. The highest BCUT2D eigenvalue weighted by molar-refractivity contribution is 9.10. The zero-order valence-electron chi connectivity index (χ0n) is 13.3. The number of rotatable bonds is 8. The number of carbonyl (C=O) groups is 4. The Morgan fingerprint density at radius 2 is 1.68 bits per heavy atom. The van der Waals surface area contributed by atoms with Gasteiger partial charge in [0.1, 0.15) is 5.88 Å². The molecule has 0 saturated carbocycles. The minimum absolute atomic E-state index is 0.120. The van der Waals surface area contributed by atoms with Crippen LogP contribution in [0, 0.1) is 0 Å². The average molecular weight is 431 g/mol. The number of nitrogens with one attached hydrogen (secondary N) is 2. The number of halogens is 2. The van der Waals surface area contributed by atoms with E-state index in [0.717, 1.165) is 9.37 Å². The molecule has 0 aromatic heterocycles. The summed E-state index contributed by atoms with van der Waals surface area (Å²) in [4.78, 5) is 48.3. The lowest BCUT2D eigenvalue weighted by Crippen LogP contribution is -2.36. The van der Waals surface area contributed by atoms with E-state index in [0.29, 0.717) is 30.6 Å². The Balaban J connectivity index is 1.73. The Morgan fingerprint density at radius 3 is 2.36 bits per heavy atom. The van der Waals surface area contributed by atoms with E-state index >= 15 is 0 Å². The van der Waals surface area contributed by atoms with Crippen LogP contribution >= 0.6 is 27.5 Å². The molecule has 0 spiro atoms. The number of hydrogen-bond donors (Lipinski definition) is 2. The summed E-state index contributed by atoms with van der Waals surface area (Å²) in [6.07, 6.45) is 0.549. The molecule has 9 heteroatoms. The topological polar surface area (TPSA) is 95.6 Å². The van der Waals surface area contributed by atoms with Crippen molar-refractivity contribution in [2.45, 2.75) is 12.8 Å². The molecule has 0 saturated heterocycles. The van der Waals surface area contributed by atoms with Crippen molar-refractivity contribution in [1.29, 1.82) is 0 Å². The molecular formula is C16H17BrClN3O4. The van der Waals surface area contributed by atoms with E-state index in [-0.39, 0.29) is 42.5 Å². The highest BCUT2D eigenvalue weighted by Crippen LogP contribution is 2.26. The van der Waals surface area contributed by atoms with Crippen molar-refractivity contribution in [3.63, 3.8) is 0 Å². The molecular weight excluding hydrogens is 414 g/mol. The van der Waals surface area contributed by atoms with E-state index in [1.807, 2.05) is 0 Å². The van der Waals surface area contributed by atoms with Crippen LogP contribution in [0.4, 0.5) is 0 Å². The van der Waals surface area contributed by atoms with E-state index in [9.17, 15) is 19.2 Å². The monoisotopic (exact) mass is 429 g/mol. The summed E-state index contributed by atoms with van der Waals surface area (Å²) < 4.78 is 0.731. The standard InChI is InChI=1S/C16H17BrClN3O4/c17-10-3-4-11-12(8-10)16(25)21(15(11)24)7-1-2-13(22)19-5-6-20-14(23)9-18/h3-4,8H,1-2,5-7,9H2,(H,19,22)(H,20,23). The van der Waals surface area contributed by atoms with E-state index in [1.54, 1.807) is 18.2 Å². The fourth-order valence-corrected chi connectivity index (χ4v) is 2.86. The van der Waals surface area contributed by atoms with E-state index in [2.05, 4.69) is 26.6 Å². The number of carbonyl (C=O) groups excluding carboxylic acids is 4. The molecule has 2 N–H and O–H groups in total. The number of imide groups is 1. The maximum atomic E-state index is 12.3. The zero-order chi connectivity index (χ0) is 18.4. The molecule has 0 aliphatic carbocycles. The third kappa shape index (κ3) is 5.02. The summed E-state index contributed by atoms with van der Waals surface area (Å²) >= 11 is 8.61. The van der Waals surface area contributed by atoms with Crippen LogP contribution in [0.3, 0.4) is 0 Å². The largest absolute Gasteiger partial charge is 0.354 e. The first-order valence-corrected chi connectivity index (χ1v) is 9.02. The average Bonchev–Trinajstić information content (AvgIpc) is 2.82. The maximum absolute atomic E-state index is 12.3. The normalized spacial score (nSPS) is 13.0. The fraction of sp³-hybridized carbons (Fsp3) is 0.375. The van der Waals surface area contributed by atoms with Crippen molar-refractivity contribution in [2.75, 3.05) is 25.5 Å². The van der Waals surface area contributed by atoms with Crippen molar-refractivity contribution >= 4 is 51.2 Å². The molecule has 0 fully saturated rings. The minimum atomic E-state index is -0.342. The first-order valence-electron chi connectivity index (χ1n) is 7.69. The number of amides is 4. The molecule has 1 aliphatic rings. The Bertz CT molecular complexity index is 711. The molecule has 134 valence electrons. The third-order valence-electron chi connectivity index (χ3n) is 3.61. The van der Waals surface area contributed by atoms with E-state index < -0.39 is 0 Å². The van der Waals surface area contributed by atoms with Gasteiger partial charge in [-0.1, -0.05) is 15.9 Å².